The van der Waals surface area contributed by atoms with Crippen LogP contribution in [0.2, 0.25) is 0 Å². The SMILES string of the molecule is O=C(O)c1nccnc1C(=O)NCc1cccs1. The molecular weight excluding hydrogens is 254 g/mol. The molecule has 0 saturated heterocycles. The molecule has 0 saturated carbocycles. The highest BCUT2D eigenvalue weighted by molar-refractivity contribution is 7.09. The number of aromatic nitrogens is 2. The predicted molar refractivity (Wildman–Crippen MR) is 64.5 cm³/mol. The second-order valence-electron chi connectivity index (χ2n) is 3.32. The number of amides is 1. The van der Waals surface area contributed by atoms with Gasteiger partial charge in [-0.1, -0.05) is 6.07 Å². The Morgan fingerprint density at radius 3 is 2.61 bits per heavy atom. The number of carbonyl (C=O) groups is 2. The molecule has 18 heavy (non-hydrogen) atoms. The van der Waals surface area contributed by atoms with E-state index in [0.717, 1.165) is 4.88 Å². The molecule has 7 heteroatoms. The van der Waals surface area contributed by atoms with Crippen LogP contribution in [0, 0.1) is 0 Å². The summed E-state index contributed by atoms with van der Waals surface area (Å²) in [4.78, 5) is 31.0. The fourth-order valence-electron chi connectivity index (χ4n) is 1.32. The average molecular weight is 263 g/mol. The third-order valence-electron chi connectivity index (χ3n) is 2.12. The lowest BCUT2D eigenvalue weighted by molar-refractivity contribution is 0.0683. The van der Waals surface area contributed by atoms with Gasteiger partial charge >= 0.3 is 5.97 Å². The molecule has 1 amide bonds. The zero-order valence-corrected chi connectivity index (χ0v) is 9.98. The van der Waals surface area contributed by atoms with Crippen LogP contribution in [0.5, 0.6) is 0 Å². The summed E-state index contributed by atoms with van der Waals surface area (Å²) < 4.78 is 0. The molecular formula is C11H9N3O3S. The van der Waals surface area contributed by atoms with Crippen molar-refractivity contribution in [3.8, 4) is 0 Å². The number of aromatic carboxylic acids is 1. The van der Waals surface area contributed by atoms with Gasteiger partial charge in [-0.15, -0.1) is 11.3 Å². The Bertz CT molecular complexity index is 569. The summed E-state index contributed by atoms with van der Waals surface area (Å²) in [6.45, 7) is 0.339. The van der Waals surface area contributed by atoms with Gasteiger partial charge in [0.15, 0.2) is 11.4 Å². The van der Waals surface area contributed by atoms with E-state index in [1.807, 2.05) is 17.5 Å². The quantitative estimate of drug-likeness (QED) is 0.863. The second kappa shape index (κ2) is 5.37. The van der Waals surface area contributed by atoms with E-state index in [0.29, 0.717) is 6.54 Å². The molecule has 6 nitrogen and oxygen atoms in total. The third-order valence-corrected chi connectivity index (χ3v) is 3.00. The molecule has 0 bridgehead atoms. The fourth-order valence-corrected chi connectivity index (χ4v) is 1.97. The van der Waals surface area contributed by atoms with E-state index in [9.17, 15) is 9.59 Å². The van der Waals surface area contributed by atoms with E-state index in [4.69, 9.17) is 5.11 Å². The number of carboxylic acids is 1. The van der Waals surface area contributed by atoms with Gasteiger partial charge in [0.1, 0.15) is 0 Å². The molecule has 2 aromatic rings. The molecule has 0 aliphatic carbocycles. The molecule has 0 radical (unpaired) electrons. The molecule has 0 aromatic carbocycles. The number of carboxylic acid groups (broad SMARTS) is 1. The van der Waals surface area contributed by atoms with Gasteiger partial charge in [0, 0.05) is 17.3 Å². The summed E-state index contributed by atoms with van der Waals surface area (Å²) in [6, 6.07) is 3.75. The summed E-state index contributed by atoms with van der Waals surface area (Å²) in [5, 5.41) is 13.4. The van der Waals surface area contributed by atoms with Crippen LogP contribution in [0.25, 0.3) is 0 Å². The van der Waals surface area contributed by atoms with Crippen molar-refractivity contribution in [1.29, 1.82) is 0 Å². The highest BCUT2D eigenvalue weighted by Crippen LogP contribution is 2.08. The summed E-state index contributed by atoms with van der Waals surface area (Å²) in [5.41, 5.74) is -0.525. The monoisotopic (exact) mass is 263 g/mol. The topological polar surface area (TPSA) is 92.2 Å². The number of hydrogen-bond acceptors (Lipinski definition) is 5. The van der Waals surface area contributed by atoms with Crippen LogP contribution >= 0.6 is 11.3 Å². The van der Waals surface area contributed by atoms with Crippen molar-refractivity contribution < 1.29 is 14.7 Å². The summed E-state index contributed by atoms with van der Waals surface area (Å²) >= 11 is 1.50. The molecule has 0 aliphatic rings. The maximum absolute atomic E-state index is 11.8. The van der Waals surface area contributed by atoms with E-state index >= 15 is 0 Å². The standard InChI is InChI=1S/C11H9N3O3S/c15-10(14-6-7-2-1-5-18-7)8-9(11(16)17)13-4-3-12-8/h1-5H,6H2,(H,14,15)(H,16,17). The Morgan fingerprint density at radius 2 is 2.00 bits per heavy atom. The first-order valence-electron chi connectivity index (χ1n) is 5.03. The van der Waals surface area contributed by atoms with Gasteiger partial charge in [0.25, 0.3) is 5.91 Å². The summed E-state index contributed by atoms with van der Waals surface area (Å²) in [5.74, 6) is -1.82. The second-order valence-corrected chi connectivity index (χ2v) is 4.35. The average Bonchev–Trinajstić information content (AvgIpc) is 2.89. The van der Waals surface area contributed by atoms with Crippen LogP contribution in [-0.4, -0.2) is 27.0 Å². The number of carbonyl (C=O) groups excluding carboxylic acids is 1. The van der Waals surface area contributed by atoms with Crippen molar-refractivity contribution in [2.75, 3.05) is 0 Å². The lowest BCUT2D eigenvalue weighted by Crippen LogP contribution is -2.26. The van der Waals surface area contributed by atoms with Crippen LogP contribution in [-0.2, 0) is 6.54 Å². The van der Waals surface area contributed by atoms with E-state index in [2.05, 4.69) is 15.3 Å². The zero-order valence-electron chi connectivity index (χ0n) is 9.16. The number of thiophene rings is 1. The third kappa shape index (κ3) is 2.69. The number of rotatable bonds is 4. The van der Waals surface area contributed by atoms with Crippen molar-refractivity contribution >= 4 is 23.2 Å². The van der Waals surface area contributed by atoms with Crippen molar-refractivity contribution in [3.05, 3.63) is 46.2 Å². The highest BCUT2D eigenvalue weighted by atomic mass is 32.1. The zero-order chi connectivity index (χ0) is 13.0. The van der Waals surface area contributed by atoms with E-state index < -0.39 is 11.9 Å². The summed E-state index contributed by atoms with van der Waals surface area (Å²) in [7, 11) is 0. The summed E-state index contributed by atoms with van der Waals surface area (Å²) in [6.07, 6.45) is 2.52. The molecule has 0 unspecified atom stereocenters. The largest absolute Gasteiger partial charge is 0.476 e. The van der Waals surface area contributed by atoms with Crippen LogP contribution in [0.1, 0.15) is 25.9 Å². The van der Waals surface area contributed by atoms with Gasteiger partial charge in [-0.3, -0.25) is 4.79 Å². The van der Waals surface area contributed by atoms with Crippen molar-refractivity contribution in [1.82, 2.24) is 15.3 Å². The first-order chi connectivity index (χ1) is 8.68. The molecule has 2 heterocycles. The Hall–Kier alpha value is -2.28. The minimum atomic E-state index is -1.27. The lowest BCUT2D eigenvalue weighted by atomic mass is 10.3. The van der Waals surface area contributed by atoms with Crippen LogP contribution in [0.4, 0.5) is 0 Å². The van der Waals surface area contributed by atoms with Gasteiger partial charge in [-0.25, -0.2) is 14.8 Å². The van der Waals surface area contributed by atoms with E-state index in [-0.39, 0.29) is 11.4 Å². The maximum atomic E-state index is 11.8. The minimum Gasteiger partial charge on any atom is -0.476 e. The van der Waals surface area contributed by atoms with Crippen LogP contribution in [0.15, 0.2) is 29.9 Å². The van der Waals surface area contributed by atoms with Crippen LogP contribution in [0.3, 0.4) is 0 Å². The molecule has 0 fully saturated rings. The molecule has 2 N–H and O–H groups in total. The minimum absolute atomic E-state index is 0.179. The number of hydrogen-bond donors (Lipinski definition) is 2. The van der Waals surface area contributed by atoms with Crippen molar-refractivity contribution in [2.45, 2.75) is 6.54 Å². The first kappa shape index (κ1) is 12.2. The maximum Gasteiger partial charge on any atom is 0.356 e. The molecule has 0 atom stereocenters. The lowest BCUT2D eigenvalue weighted by Gasteiger charge is -2.04. The van der Waals surface area contributed by atoms with Crippen molar-refractivity contribution in [3.63, 3.8) is 0 Å². The van der Waals surface area contributed by atoms with Crippen molar-refractivity contribution in [2.24, 2.45) is 0 Å². The fraction of sp³-hybridized carbons (Fsp3) is 0.0909. The van der Waals surface area contributed by atoms with Crippen LogP contribution < -0.4 is 5.32 Å². The molecule has 0 aliphatic heterocycles. The molecule has 2 aromatic heterocycles. The number of nitrogens with one attached hydrogen (secondary N) is 1. The molecule has 0 spiro atoms. The van der Waals surface area contributed by atoms with Gasteiger partial charge in [-0.2, -0.15) is 0 Å². The van der Waals surface area contributed by atoms with Gasteiger partial charge in [-0.05, 0) is 11.4 Å². The molecule has 92 valence electrons. The van der Waals surface area contributed by atoms with Gasteiger partial charge in [0.05, 0.1) is 6.54 Å². The predicted octanol–water partition coefficient (Wildman–Crippen LogP) is 1.17. The normalized spacial score (nSPS) is 10.0. The number of nitrogens with zero attached hydrogens (tertiary/aromatic N) is 2. The first-order valence-corrected chi connectivity index (χ1v) is 5.91. The Morgan fingerprint density at radius 1 is 1.28 bits per heavy atom. The molecule has 2 rings (SSSR count). The van der Waals surface area contributed by atoms with E-state index in [1.54, 1.807) is 0 Å². The Balaban J connectivity index is 2.11. The Kier molecular flexibility index (Phi) is 3.63. The van der Waals surface area contributed by atoms with Gasteiger partial charge in [0.2, 0.25) is 0 Å². The Labute approximate surface area is 106 Å². The smallest absolute Gasteiger partial charge is 0.356 e. The highest BCUT2D eigenvalue weighted by Gasteiger charge is 2.18. The van der Waals surface area contributed by atoms with E-state index in [1.165, 1.54) is 23.7 Å². The van der Waals surface area contributed by atoms with Gasteiger partial charge < -0.3 is 10.4 Å².